The van der Waals surface area contributed by atoms with Crippen LogP contribution in [0.3, 0.4) is 0 Å². The second-order valence-corrected chi connectivity index (χ2v) is 4.75. The molecule has 17 heavy (non-hydrogen) atoms. The van der Waals surface area contributed by atoms with Crippen molar-refractivity contribution in [1.82, 2.24) is 9.88 Å². The number of halogens is 1. The highest BCUT2D eigenvalue weighted by molar-refractivity contribution is 6.29. The molecule has 2 heterocycles. The van der Waals surface area contributed by atoms with Crippen molar-refractivity contribution in [3.8, 4) is 0 Å². The van der Waals surface area contributed by atoms with E-state index in [0.29, 0.717) is 5.15 Å². The lowest BCUT2D eigenvalue weighted by atomic mass is 10.1. The largest absolute Gasteiger partial charge is 0.289 e. The summed E-state index contributed by atoms with van der Waals surface area (Å²) in [5.74, 6) is 0. The van der Waals surface area contributed by atoms with Crippen molar-refractivity contribution in [2.75, 3.05) is 0 Å². The average molecular weight is 245 g/mol. The molecule has 1 aromatic heterocycles. The van der Waals surface area contributed by atoms with Gasteiger partial charge < -0.3 is 0 Å². The number of nitrogens with zero attached hydrogens (tertiary/aromatic N) is 2. The molecule has 0 bridgehead atoms. The van der Waals surface area contributed by atoms with E-state index in [1.807, 2.05) is 18.2 Å². The molecule has 0 atom stereocenters. The van der Waals surface area contributed by atoms with Gasteiger partial charge in [0.2, 0.25) is 0 Å². The molecule has 1 aliphatic heterocycles. The van der Waals surface area contributed by atoms with Gasteiger partial charge in [0.15, 0.2) is 0 Å². The number of hydrogen-bond donors (Lipinski definition) is 0. The van der Waals surface area contributed by atoms with Gasteiger partial charge in [-0.2, -0.15) is 0 Å². The minimum Gasteiger partial charge on any atom is -0.289 e. The Morgan fingerprint density at radius 2 is 1.71 bits per heavy atom. The Labute approximate surface area is 106 Å². The Morgan fingerprint density at radius 1 is 1.00 bits per heavy atom. The lowest BCUT2D eigenvalue weighted by molar-refractivity contribution is 0.272. The van der Waals surface area contributed by atoms with Crippen LogP contribution >= 0.6 is 11.6 Å². The SMILES string of the molecule is Clc1cccc(CN2Cc3ccccc3C2)n1. The Balaban J connectivity index is 1.74. The summed E-state index contributed by atoms with van der Waals surface area (Å²) in [4.78, 5) is 6.70. The van der Waals surface area contributed by atoms with E-state index in [1.165, 1.54) is 11.1 Å². The molecule has 0 fully saturated rings. The second kappa shape index (κ2) is 4.47. The molecule has 1 aromatic carbocycles. The van der Waals surface area contributed by atoms with Crippen LogP contribution in [0.15, 0.2) is 42.5 Å². The number of pyridine rings is 1. The molecule has 1 aliphatic rings. The zero-order chi connectivity index (χ0) is 11.7. The van der Waals surface area contributed by atoms with Crippen molar-refractivity contribution < 1.29 is 0 Å². The first kappa shape index (κ1) is 10.8. The molecule has 0 saturated heterocycles. The summed E-state index contributed by atoms with van der Waals surface area (Å²) >= 11 is 5.89. The predicted molar refractivity (Wildman–Crippen MR) is 68.6 cm³/mol. The van der Waals surface area contributed by atoms with Crippen LogP contribution in [0.5, 0.6) is 0 Å². The summed E-state index contributed by atoms with van der Waals surface area (Å²) in [6.45, 7) is 2.87. The first-order valence-electron chi connectivity index (χ1n) is 5.72. The van der Waals surface area contributed by atoms with Gasteiger partial charge in [-0.05, 0) is 23.3 Å². The first-order chi connectivity index (χ1) is 8.31. The molecule has 86 valence electrons. The van der Waals surface area contributed by atoms with E-state index >= 15 is 0 Å². The van der Waals surface area contributed by atoms with Crippen molar-refractivity contribution in [2.45, 2.75) is 19.6 Å². The standard InChI is InChI=1S/C14H13ClN2/c15-14-7-3-6-13(16-14)10-17-8-11-4-1-2-5-12(11)9-17/h1-7H,8-10H2. The van der Waals surface area contributed by atoms with Gasteiger partial charge in [0.05, 0.1) is 5.69 Å². The topological polar surface area (TPSA) is 16.1 Å². The van der Waals surface area contributed by atoms with E-state index in [4.69, 9.17) is 11.6 Å². The van der Waals surface area contributed by atoms with Crippen LogP contribution in [0.1, 0.15) is 16.8 Å². The molecule has 0 aliphatic carbocycles. The fourth-order valence-electron chi connectivity index (χ4n) is 2.28. The molecule has 0 N–H and O–H groups in total. The number of hydrogen-bond acceptors (Lipinski definition) is 2. The van der Waals surface area contributed by atoms with Crippen molar-refractivity contribution in [2.24, 2.45) is 0 Å². The van der Waals surface area contributed by atoms with E-state index in [-0.39, 0.29) is 0 Å². The summed E-state index contributed by atoms with van der Waals surface area (Å²) in [6.07, 6.45) is 0. The van der Waals surface area contributed by atoms with E-state index in [2.05, 4.69) is 34.1 Å². The number of benzene rings is 1. The van der Waals surface area contributed by atoms with Crippen LogP contribution in [0.25, 0.3) is 0 Å². The fraction of sp³-hybridized carbons (Fsp3) is 0.214. The molecular weight excluding hydrogens is 232 g/mol. The third kappa shape index (κ3) is 2.33. The molecular formula is C14H13ClN2. The molecule has 3 heteroatoms. The van der Waals surface area contributed by atoms with Crippen molar-refractivity contribution in [3.63, 3.8) is 0 Å². The van der Waals surface area contributed by atoms with Gasteiger partial charge in [0.25, 0.3) is 0 Å². The zero-order valence-corrected chi connectivity index (χ0v) is 10.2. The van der Waals surface area contributed by atoms with Gasteiger partial charge >= 0.3 is 0 Å². The van der Waals surface area contributed by atoms with Gasteiger partial charge in [-0.3, -0.25) is 4.90 Å². The van der Waals surface area contributed by atoms with Crippen LogP contribution in [-0.4, -0.2) is 9.88 Å². The summed E-state index contributed by atoms with van der Waals surface area (Å²) in [5, 5.41) is 0.569. The molecule has 0 spiro atoms. The predicted octanol–water partition coefficient (Wildman–Crippen LogP) is 3.25. The Morgan fingerprint density at radius 3 is 2.35 bits per heavy atom. The molecule has 0 unspecified atom stereocenters. The maximum absolute atomic E-state index is 5.89. The fourth-order valence-corrected chi connectivity index (χ4v) is 2.46. The van der Waals surface area contributed by atoms with Crippen molar-refractivity contribution in [3.05, 3.63) is 64.4 Å². The Kier molecular flexibility index (Phi) is 2.83. The van der Waals surface area contributed by atoms with Crippen molar-refractivity contribution >= 4 is 11.6 Å². The quantitative estimate of drug-likeness (QED) is 0.754. The highest BCUT2D eigenvalue weighted by atomic mass is 35.5. The minimum absolute atomic E-state index is 0.569. The van der Waals surface area contributed by atoms with Gasteiger partial charge in [-0.25, -0.2) is 4.98 Å². The van der Waals surface area contributed by atoms with Crippen molar-refractivity contribution in [1.29, 1.82) is 0 Å². The molecule has 0 saturated carbocycles. The second-order valence-electron chi connectivity index (χ2n) is 4.37. The summed E-state index contributed by atoms with van der Waals surface area (Å²) in [6, 6.07) is 14.4. The normalized spacial score (nSPS) is 14.9. The van der Waals surface area contributed by atoms with E-state index in [0.717, 1.165) is 25.3 Å². The van der Waals surface area contributed by atoms with Gasteiger partial charge in [-0.1, -0.05) is 41.9 Å². The maximum atomic E-state index is 5.89. The zero-order valence-electron chi connectivity index (χ0n) is 9.44. The lowest BCUT2D eigenvalue weighted by Crippen LogP contribution is -2.16. The van der Waals surface area contributed by atoms with E-state index in [1.54, 1.807) is 0 Å². The first-order valence-corrected chi connectivity index (χ1v) is 6.09. The maximum Gasteiger partial charge on any atom is 0.129 e. The Bertz CT molecular complexity index is 514. The number of rotatable bonds is 2. The summed E-state index contributed by atoms with van der Waals surface area (Å²) in [7, 11) is 0. The number of fused-ring (bicyclic) bond motifs is 1. The van der Waals surface area contributed by atoms with Crippen LogP contribution in [0, 0.1) is 0 Å². The minimum atomic E-state index is 0.569. The summed E-state index contributed by atoms with van der Waals surface area (Å²) in [5.41, 5.74) is 3.88. The summed E-state index contributed by atoms with van der Waals surface area (Å²) < 4.78 is 0. The third-order valence-corrected chi connectivity index (χ3v) is 3.28. The monoisotopic (exact) mass is 244 g/mol. The highest BCUT2D eigenvalue weighted by Gasteiger charge is 2.18. The highest BCUT2D eigenvalue weighted by Crippen LogP contribution is 2.23. The van der Waals surface area contributed by atoms with Crippen LogP contribution < -0.4 is 0 Å². The van der Waals surface area contributed by atoms with Crippen LogP contribution in [-0.2, 0) is 19.6 Å². The number of aromatic nitrogens is 1. The molecule has 2 nitrogen and oxygen atoms in total. The van der Waals surface area contributed by atoms with Gasteiger partial charge in [0, 0.05) is 19.6 Å². The van der Waals surface area contributed by atoms with E-state index in [9.17, 15) is 0 Å². The van der Waals surface area contributed by atoms with Gasteiger partial charge in [-0.15, -0.1) is 0 Å². The molecule has 2 aromatic rings. The van der Waals surface area contributed by atoms with Crippen LogP contribution in [0.2, 0.25) is 5.15 Å². The van der Waals surface area contributed by atoms with Gasteiger partial charge in [0.1, 0.15) is 5.15 Å². The average Bonchev–Trinajstić information content (AvgIpc) is 2.71. The Hall–Kier alpha value is -1.38. The van der Waals surface area contributed by atoms with Crippen LogP contribution in [0.4, 0.5) is 0 Å². The molecule has 0 radical (unpaired) electrons. The molecule has 3 rings (SSSR count). The molecule has 0 amide bonds. The van der Waals surface area contributed by atoms with E-state index < -0.39 is 0 Å². The lowest BCUT2D eigenvalue weighted by Gasteiger charge is -2.13. The smallest absolute Gasteiger partial charge is 0.129 e. The third-order valence-electron chi connectivity index (χ3n) is 3.06.